The van der Waals surface area contributed by atoms with Gasteiger partial charge in [0.25, 0.3) is 5.91 Å². The first kappa shape index (κ1) is 25.1. The minimum Gasteiger partial charge on any atom is -0.487 e. The summed E-state index contributed by atoms with van der Waals surface area (Å²) in [5.41, 5.74) is 6.74. The van der Waals surface area contributed by atoms with E-state index in [1.54, 1.807) is 0 Å². The molecule has 0 atom stereocenters. The predicted molar refractivity (Wildman–Crippen MR) is 127 cm³/mol. The smallest absolute Gasteiger partial charge is 0.269 e. The molecule has 3 rings (SSSR count). The Hall–Kier alpha value is -2.51. The van der Waals surface area contributed by atoms with Crippen LogP contribution >= 0.6 is 0 Å². The van der Waals surface area contributed by atoms with Crippen LogP contribution in [0.15, 0.2) is 30.5 Å². The average Bonchev–Trinajstić information content (AvgIpc) is 2.69. The van der Waals surface area contributed by atoms with Crippen molar-refractivity contribution in [3.05, 3.63) is 47.8 Å². The second kappa shape index (κ2) is 9.39. The molecule has 2 heterocycles. The van der Waals surface area contributed by atoms with E-state index in [-0.39, 0.29) is 17.5 Å². The molecule has 0 unspecified atom stereocenters. The molecule has 33 heavy (non-hydrogen) atoms. The van der Waals surface area contributed by atoms with Gasteiger partial charge in [0.15, 0.2) is 11.6 Å². The van der Waals surface area contributed by atoms with Crippen molar-refractivity contribution in [2.45, 2.75) is 29.4 Å². The lowest BCUT2D eigenvalue weighted by molar-refractivity contribution is 0.0738. The number of aromatic nitrogens is 1. The number of hydrogen-bond acceptors (Lipinski definition) is 5. The molecule has 0 bridgehead atoms. The highest BCUT2D eigenvalue weighted by molar-refractivity contribution is 6.64. The molecule has 1 aliphatic rings. The largest absolute Gasteiger partial charge is 0.487 e. The van der Waals surface area contributed by atoms with E-state index in [4.69, 9.17) is 57.5 Å². The third-order valence-corrected chi connectivity index (χ3v) is 5.08. The van der Waals surface area contributed by atoms with Crippen LogP contribution in [0, 0.1) is 11.6 Å². The summed E-state index contributed by atoms with van der Waals surface area (Å²) in [6.07, 6.45) is 2.03. The summed E-state index contributed by atoms with van der Waals surface area (Å²) in [5, 5.41) is -4.52. The van der Waals surface area contributed by atoms with Gasteiger partial charge in [-0.2, -0.15) is 0 Å². The molecule has 0 spiro atoms. The van der Waals surface area contributed by atoms with Crippen LogP contribution in [0.4, 0.5) is 20.2 Å². The molecule has 6 nitrogen and oxygen atoms in total. The third-order valence-electron chi connectivity index (χ3n) is 5.08. The highest BCUT2D eigenvalue weighted by atomic mass is 19.1. The Morgan fingerprint density at radius 1 is 1.09 bits per heavy atom. The number of piperidine rings is 1. The molecule has 2 aromatic rings. The number of benzene rings is 1. The van der Waals surface area contributed by atoms with E-state index < -0.39 is 28.0 Å². The average molecular weight is 435 g/mol. The Morgan fingerprint density at radius 3 is 2.24 bits per heavy atom. The van der Waals surface area contributed by atoms with Crippen LogP contribution in [-0.2, 0) is 0 Å². The number of ether oxygens (including phenoxy) is 1. The number of nitrogen functional groups attached to an aromatic ring is 1. The van der Waals surface area contributed by atoms with E-state index in [1.807, 2.05) is 4.90 Å². The number of amides is 1. The van der Waals surface area contributed by atoms with Gasteiger partial charge in [-0.3, -0.25) is 4.79 Å². The van der Waals surface area contributed by atoms with Gasteiger partial charge in [0.1, 0.15) is 17.6 Å². The van der Waals surface area contributed by atoms with Crippen LogP contribution in [0.25, 0.3) is 0 Å². The molecule has 156 valence electrons. The number of nitrogens with two attached hydrogens (primary N) is 1. The Kier molecular flexibility index (Phi) is 7.15. The number of carbonyl (C=O) groups excluding carboxylic acids is 1. The summed E-state index contributed by atoms with van der Waals surface area (Å²) in [7, 11) is 33.7. The maximum atomic E-state index is 13.9. The lowest BCUT2D eigenvalue weighted by atomic mass is 9.40. The summed E-state index contributed by atoms with van der Waals surface area (Å²) in [6.45, 7) is 0.949. The zero-order chi connectivity index (χ0) is 24.6. The van der Waals surface area contributed by atoms with E-state index in [2.05, 4.69) is 4.98 Å². The summed E-state index contributed by atoms with van der Waals surface area (Å²) in [6, 6.07) is 4.56. The van der Waals surface area contributed by atoms with Crippen LogP contribution in [0.2, 0.25) is 0 Å². The van der Waals surface area contributed by atoms with E-state index >= 15 is 0 Å². The van der Waals surface area contributed by atoms with Gasteiger partial charge in [0.05, 0.1) is 64.6 Å². The molecule has 12 radical (unpaired) electrons. The standard InChI is InChI=1S/C19H16B6F2N4O2/c20-18(21,22)31(19(23,24)25)17(32)14-8-15(13(28)9-29-14)30-5-3-11(4-6-30)33-16-2-1-10(26)7-12(16)27/h1-2,7-9,11H,3-6,28H2. The second-order valence-electron chi connectivity index (χ2n) is 7.92. The molecule has 1 aromatic carbocycles. The summed E-state index contributed by atoms with van der Waals surface area (Å²) < 4.78 is 32.6. The number of carbonyl (C=O) groups is 1. The number of halogens is 2. The first-order valence-corrected chi connectivity index (χ1v) is 9.97. The van der Waals surface area contributed by atoms with E-state index in [9.17, 15) is 13.6 Å². The number of hydrogen-bond donors (Lipinski definition) is 1. The molecule has 1 aromatic heterocycles. The minimum atomic E-state index is -2.26. The second-order valence-corrected chi connectivity index (χ2v) is 7.92. The van der Waals surface area contributed by atoms with Crippen LogP contribution in [0.3, 0.4) is 0 Å². The SMILES string of the molecule is [B]C([B])([B])N(C(=O)c1cc(N2CCC(Oc3ccc(F)cc3F)CC2)c(N)cn1)C([B])([B])[B]. The van der Waals surface area contributed by atoms with Crippen molar-refractivity contribution in [2.75, 3.05) is 23.7 Å². The molecule has 1 fully saturated rings. The van der Waals surface area contributed by atoms with E-state index in [0.717, 1.165) is 12.1 Å². The van der Waals surface area contributed by atoms with Gasteiger partial charge >= 0.3 is 0 Å². The van der Waals surface area contributed by atoms with Gasteiger partial charge in [-0.05, 0) is 18.2 Å². The molecular weight excluding hydrogens is 419 g/mol. The van der Waals surface area contributed by atoms with Crippen LogP contribution in [0.1, 0.15) is 23.3 Å². The molecule has 1 saturated heterocycles. The molecule has 2 N–H and O–H groups in total. The molecule has 1 amide bonds. The maximum absolute atomic E-state index is 13.9. The van der Waals surface area contributed by atoms with Crippen LogP contribution < -0.4 is 15.4 Å². The highest BCUT2D eigenvalue weighted by Gasteiger charge is 2.35. The summed E-state index contributed by atoms with van der Waals surface area (Å²) in [5.74, 6) is -2.37. The fraction of sp³-hybridized carbons (Fsp3) is 0.368. The van der Waals surface area contributed by atoms with Crippen LogP contribution in [-0.4, -0.2) is 92.5 Å². The molecular formula is C19H16B6F2N4O2. The van der Waals surface area contributed by atoms with Crippen molar-refractivity contribution in [1.29, 1.82) is 0 Å². The number of nitrogens with zero attached hydrogens (tertiary/aromatic N) is 3. The van der Waals surface area contributed by atoms with Crippen LogP contribution in [0.5, 0.6) is 5.75 Å². The lowest BCUT2D eigenvalue weighted by Gasteiger charge is -2.48. The number of pyridine rings is 1. The summed E-state index contributed by atoms with van der Waals surface area (Å²) >= 11 is 0. The number of rotatable bonds is 6. The van der Waals surface area contributed by atoms with Crippen molar-refractivity contribution in [3.8, 4) is 5.75 Å². The first-order valence-electron chi connectivity index (χ1n) is 9.97. The van der Waals surface area contributed by atoms with Gasteiger partial charge in [-0.1, -0.05) is 10.5 Å². The summed E-state index contributed by atoms with van der Waals surface area (Å²) in [4.78, 5) is 19.3. The molecule has 14 heteroatoms. The number of anilines is 2. The fourth-order valence-electron chi connectivity index (χ4n) is 3.61. The monoisotopic (exact) mass is 436 g/mol. The Bertz CT molecular complexity index is 1010. The van der Waals surface area contributed by atoms with Gasteiger partial charge in [0, 0.05) is 32.0 Å². The van der Waals surface area contributed by atoms with Gasteiger partial charge in [-0.25, -0.2) is 13.8 Å². The lowest BCUT2D eigenvalue weighted by Crippen LogP contribution is -2.66. The minimum absolute atomic E-state index is 0.0195. The van der Waals surface area contributed by atoms with Gasteiger partial charge in [0.2, 0.25) is 0 Å². The van der Waals surface area contributed by atoms with Crippen molar-refractivity contribution >= 4 is 64.4 Å². The highest BCUT2D eigenvalue weighted by Crippen LogP contribution is 2.29. The predicted octanol–water partition coefficient (Wildman–Crippen LogP) is -0.334. The normalized spacial score (nSPS) is 15.3. The first-order chi connectivity index (χ1) is 15.3. The topological polar surface area (TPSA) is 71.7 Å². The van der Waals surface area contributed by atoms with Crippen molar-refractivity contribution in [3.63, 3.8) is 0 Å². The van der Waals surface area contributed by atoms with E-state index in [1.165, 1.54) is 18.3 Å². The Morgan fingerprint density at radius 2 is 1.70 bits per heavy atom. The molecule has 0 saturated carbocycles. The van der Waals surface area contributed by atoms with Crippen molar-refractivity contribution in [1.82, 2.24) is 9.88 Å². The Balaban J connectivity index is 1.74. The maximum Gasteiger partial charge on any atom is 0.269 e. The third kappa shape index (κ3) is 5.89. The fourth-order valence-corrected chi connectivity index (χ4v) is 3.61. The molecule has 0 aliphatic carbocycles. The van der Waals surface area contributed by atoms with Crippen molar-refractivity contribution in [2.24, 2.45) is 0 Å². The zero-order valence-electron chi connectivity index (χ0n) is 17.7. The van der Waals surface area contributed by atoms with Gasteiger partial charge in [-0.15, -0.1) is 0 Å². The van der Waals surface area contributed by atoms with Gasteiger partial charge < -0.3 is 20.3 Å². The quantitative estimate of drug-likeness (QED) is 0.630. The molecule has 1 aliphatic heterocycles. The Labute approximate surface area is 199 Å². The van der Waals surface area contributed by atoms with Crippen molar-refractivity contribution < 1.29 is 18.3 Å². The van der Waals surface area contributed by atoms with E-state index in [0.29, 0.717) is 42.2 Å². The zero-order valence-corrected chi connectivity index (χ0v) is 17.7.